The van der Waals surface area contributed by atoms with Crippen molar-refractivity contribution in [3.63, 3.8) is 0 Å². The van der Waals surface area contributed by atoms with Crippen molar-refractivity contribution in [3.05, 3.63) is 42.1 Å². The molecule has 0 aliphatic carbocycles. The summed E-state index contributed by atoms with van der Waals surface area (Å²) >= 11 is 0. The lowest BCUT2D eigenvalue weighted by Crippen LogP contribution is -2.16. The van der Waals surface area contributed by atoms with Crippen LogP contribution < -0.4 is 5.32 Å². The van der Waals surface area contributed by atoms with Gasteiger partial charge in [-0.1, -0.05) is 6.07 Å². The predicted molar refractivity (Wildman–Crippen MR) is 63.6 cm³/mol. The highest BCUT2D eigenvalue weighted by Gasteiger charge is 2.12. The van der Waals surface area contributed by atoms with Crippen molar-refractivity contribution in [1.82, 2.24) is 19.9 Å². The zero-order valence-corrected chi connectivity index (χ0v) is 9.81. The molecule has 2 rings (SSSR count). The normalized spacial score (nSPS) is 12.7. The maximum absolute atomic E-state index is 4.43. The van der Waals surface area contributed by atoms with Crippen molar-refractivity contribution in [2.24, 2.45) is 0 Å². The van der Waals surface area contributed by atoms with Crippen molar-refractivity contribution in [1.29, 1.82) is 0 Å². The van der Waals surface area contributed by atoms with Gasteiger partial charge in [0.2, 0.25) is 0 Å². The van der Waals surface area contributed by atoms with Gasteiger partial charge in [-0.05, 0) is 27.0 Å². The highest BCUT2D eigenvalue weighted by molar-refractivity contribution is 5.36. The summed E-state index contributed by atoms with van der Waals surface area (Å²) in [4.78, 5) is 8.66. The molecule has 0 saturated carbocycles. The first-order valence-electron chi connectivity index (χ1n) is 5.36. The Kier molecular flexibility index (Phi) is 3.01. The molecular formula is C12H16N4. The standard InChI is InChI=1S/C12H16N4/c1-9(13-3)11-5-4-6-15-12(11)16-8-7-14-10(16)2/h4-9,13H,1-3H3. The first-order chi connectivity index (χ1) is 7.74. The van der Waals surface area contributed by atoms with E-state index in [1.807, 2.05) is 30.8 Å². The van der Waals surface area contributed by atoms with E-state index in [4.69, 9.17) is 0 Å². The number of hydrogen-bond donors (Lipinski definition) is 1. The largest absolute Gasteiger partial charge is 0.313 e. The second-order valence-electron chi connectivity index (χ2n) is 3.77. The molecule has 16 heavy (non-hydrogen) atoms. The van der Waals surface area contributed by atoms with E-state index in [0.717, 1.165) is 11.6 Å². The lowest BCUT2D eigenvalue weighted by atomic mass is 10.1. The van der Waals surface area contributed by atoms with Crippen LogP contribution in [0.25, 0.3) is 5.82 Å². The van der Waals surface area contributed by atoms with Crippen LogP contribution in [0, 0.1) is 6.92 Å². The van der Waals surface area contributed by atoms with E-state index >= 15 is 0 Å². The predicted octanol–water partition coefficient (Wildman–Crippen LogP) is 1.86. The Labute approximate surface area is 95.4 Å². The number of rotatable bonds is 3. The molecule has 0 radical (unpaired) electrons. The van der Waals surface area contributed by atoms with Gasteiger partial charge in [0.15, 0.2) is 0 Å². The first kappa shape index (κ1) is 10.8. The molecule has 2 aromatic rings. The van der Waals surface area contributed by atoms with Gasteiger partial charge in [0.05, 0.1) is 0 Å². The summed E-state index contributed by atoms with van der Waals surface area (Å²) in [7, 11) is 1.95. The van der Waals surface area contributed by atoms with Gasteiger partial charge in [0.1, 0.15) is 11.6 Å². The molecule has 2 aromatic heterocycles. The van der Waals surface area contributed by atoms with Crippen molar-refractivity contribution in [2.75, 3.05) is 7.05 Å². The molecule has 4 heteroatoms. The summed E-state index contributed by atoms with van der Waals surface area (Å²) in [6.07, 6.45) is 5.53. The van der Waals surface area contributed by atoms with Crippen molar-refractivity contribution in [3.8, 4) is 5.82 Å². The van der Waals surface area contributed by atoms with Crippen LogP contribution in [0.5, 0.6) is 0 Å². The smallest absolute Gasteiger partial charge is 0.142 e. The third-order valence-electron chi connectivity index (χ3n) is 2.77. The fraction of sp³-hybridized carbons (Fsp3) is 0.333. The Balaban J connectivity index is 2.53. The SMILES string of the molecule is CNC(C)c1cccnc1-n1ccnc1C. The number of nitrogens with one attached hydrogen (secondary N) is 1. The fourth-order valence-electron chi connectivity index (χ4n) is 1.71. The Morgan fingerprint density at radius 3 is 2.75 bits per heavy atom. The summed E-state index contributed by atoms with van der Waals surface area (Å²) in [5.41, 5.74) is 1.17. The van der Waals surface area contributed by atoms with Crippen molar-refractivity contribution < 1.29 is 0 Å². The number of hydrogen-bond acceptors (Lipinski definition) is 3. The fourth-order valence-corrected chi connectivity index (χ4v) is 1.71. The molecule has 0 amide bonds. The number of imidazole rings is 1. The van der Waals surface area contributed by atoms with Crippen LogP contribution in [-0.4, -0.2) is 21.6 Å². The first-order valence-corrected chi connectivity index (χ1v) is 5.36. The molecule has 1 N–H and O–H groups in total. The Bertz CT molecular complexity index is 475. The van der Waals surface area contributed by atoms with Gasteiger partial charge < -0.3 is 5.32 Å². The van der Waals surface area contributed by atoms with E-state index < -0.39 is 0 Å². The van der Waals surface area contributed by atoms with Gasteiger partial charge in [-0.15, -0.1) is 0 Å². The highest BCUT2D eigenvalue weighted by Crippen LogP contribution is 2.19. The summed E-state index contributed by atoms with van der Waals surface area (Å²) in [6.45, 7) is 4.09. The van der Waals surface area contributed by atoms with E-state index in [1.165, 1.54) is 5.56 Å². The summed E-state index contributed by atoms with van der Waals surface area (Å²) < 4.78 is 2.00. The van der Waals surface area contributed by atoms with Gasteiger partial charge in [-0.3, -0.25) is 4.57 Å². The molecule has 84 valence electrons. The Morgan fingerprint density at radius 1 is 1.31 bits per heavy atom. The average molecular weight is 216 g/mol. The zero-order valence-electron chi connectivity index (χ0n) is 9.81. The van der Waals surface area contributed by atoms with Crippen molar-refractivity contribution >= 4 is 0 Å². The van der Waals surface area contributed by atoms with Gasteiger partial charge >= 0.3 is 0 Å². The van der Waals surface area contributed by atoms with Gasteiger partial charge in [-0.25, -0.2) is 9.97 Å². The van der Waals surface area contributed by atoms with Crippen LogP contribution >= 0.6 is 0 Å². The number of aryl methyl sites for hydroxylation is 1. The van der Waals surface area contributed by atoms with Crippen LogP contribution in [0.3, 0.4) is 0 Å². The quantitative estimate of drug-likeness (QED) is 0.851. The van der Waals surface area contributed by atoms with Crippen LogP contribution in [0.1, 0.15) is 24.4 Å². The van der Waals surface area contributed by atoms with E-state index in [1.54, 1.807) is 12.4 Å². The molecule has 0 saturated heterocycles. The summed E-state index contributed by atoms with van der Waals surface area (Å²) in [5, 5.41) is 3.23. The third-order valence-corrected chi connectivity index (χ3v) is 2.77. The van der Waals surface area contributed by atoms with E-state index in [0.29, 0.717) is 0 Å². The number of aromatic nitrogens is 3. The summed E-state index contributed by atoms with van der Waals surface area (Å²) in [6, 6.07) is 4.31. The molecule has 0 spiro atoms. The van der Waals surface area contributed by atoms with E-state index in [9.17, 15) is 0 Å². The molecule has 0 aliphatic heterocycles. The molecule has 0 bridgehead atoms. The molecule has 4 nitrogen and oxygen atoms in total. The van der Waals surface area contributed by atoms with Gasteiger partial charge in [0.25, 0.3) is 0 Å². The van der Waals surface area contributed by atoms with Crippen LogP contribution in [0.15, 0.2) is 30.7 Å². The van der Waals surface area contributed by atoms with Gasteiger partial charge in [0, 0.05) is 30.2 Å². The summed E-state index contributed by atoms with van der Waals surface area (Å²) in [5.74, 6) is 1.89. The second kappa shape index (κ2) is 4.45. The number of pyridine rings is 1. The second-order valence-corrected chi connectivity index (χ2v) is 3.77. The monoisotopic (exact) mass is 216 g/mol. The zero-order chi connectivity index (χ0) is 11.5. The highest BCUT2D eigenvalue weighted by atomic mass is 15.1. The number of nitrogens with zero attached hydrogens (tertiary/aromatic N) is 3. The minimum atomic E-state index is 0.269. The minimum absolute atomic E-state index is 0.269. The average Bonchev–Trinajstić information content (AvgIpc) is 2.74. The van der Waals surface area contributed by atoms with E-state index in [-0.39, 0.29) is 6.04 Å². The van der Waals surface area contributed by atoms with Crippen LogP contribution in [0.4, 0.5) is 0 Å². The van der Waals surface area contributed by atoms with Crippen molar-refractivity contribution in [2.45, 2.75) is 19.9 Å². The maximum Gasteiger partial charge on any atom is 0.142 e. The maximum atomic E-state index is 4.43. The van der Waals surface area contributed by atoms with Crippen LogP contribution in [-0.2, 0) is 0 Å². The lowest BCUT2D eigenvalue weighted by Gasteiger charge is -2.15. The van der Waals surface area contributed by atoms with E-state index in [2.05, 4.69) is 28.3 Å². The van der Waals surface area contributed by atoms with Crippen LogP contribution in [0.2, 0.25) is 0 Å². The molecule has 0 fully saturated rings. The Morgan fingerprint density at radius 2 is 2.12 bits per heavy atom. The molecule has 2 heterocycles. The molecular weight excluding hydrogens is 200 g/mol. The third kappa shape index (κ3) is 1.84. The minimum Gasteiger partial charge on any atom is -0.313 e. The molecule has 0 aromatic carbocycles. The lowest BCUT2D eigenvalue weighted by molar-refractivity contribution is 0.643. The molecule has 1 unspecified atom stereocenters. The Hall–Kier alpha value is -1.68. The van der Waals surface area contributed by atoms with Gasteiger partial charge in [-0.2, -0.15) is 0 Å². The molecule has 0 aliphatic rings. The molecule has 1 atom stereocenters. The topological polar surface area (TPSA) is 42.7 Å².